The third-order valence-electron chi connectivity index (χ3n) is 5.16. The lowest BCUT2D eigenvalue weighted by atomic mass is 10.1. The normalized spacial score (nSPS) is 17.6. The summed E-state index contributed by atoms with van der Waals surface area (Å²) in [5.41, 5.74) is 2.15. The number of carbonyl (C=O) groups excluding carboxylic acids is 3. The van der Waals surface area contributed by atoms with Crippen LogP contribution in [0, 0.1) is 0 Å². The lowest BCUT2D eigenvalue weighted by molar-refractivity contribution is -0.127. The van der Waals surface area contributed by atoms with Crippen molar-refractivity contribution >= 4 is 57.9 Å². The summed E-state index contributed by atoms with van der Waals surface area (Å²) in [5.74, 6) is -0.427. The highest BCUT2D eigenvalue weighted by molar-refractivity contribution is 8.18. The van der Waals surface area contributed by atoms with Gasteiger partial charge in [0, 0.05) is 41.1 Å². The molecule has 0 atom stereocenters. The Kier molecular flexibility index (Phi) is 7.22. The molecular weight excluding hydrogens is 466 g/mol. The van der Waals surface area contributed by atoms with Crippen LogP contribution in [0.4, 0.5) is 16.2 Å². The number of imide groups is 1. The number of benzene rings is 2. The van der Waals surface area contributed by atoms with E-state index in [2.05, 4.69) is 10.2 Å². The van der Waals surface area contributed by atoms with Crippen LogP contribution in [0.1, 0.15) is 5.56 Å². The van der Waals surface area contributed by atoms with E-state index in [-0.39, 0.29) is 11.4 Å². The summed E-state index contributed by atoms with van der Waals surface area (Å²) in [6, 6.07) is 12.3. The molecular formula is C23H22ClN3O5S. The summed E-state index contributed by atoms with van der Waals surface area (Å²) < 4.78 is 10.9. The van der Waals surface area contributed by atoms with Crippen LogP contribution in [0.2, 0.25) is 5.02 Å². The summed E-state index contributed by atoms with van der Waals surface area (Å²) in [7, 11) is 1.56. The Morgan fingerprint density at radius 2 is 2.00 bits per heavy atom. The number of hydrogen-bond acceptors (Lipinski definition) is 7. The zero-order chi connectivity index (χ0) is 23.4. The van der Waals surface area contributed by atoms with Gasteiger partial charge in [0.25, 0.3) is 11.1 Å². The van der Waals surface area contributed by atoms with Crippen LogP contribution in [0.3, 0.4) is 0 Å². The summed E-state index contributed by atoms with van der Waals surface area (Å²) in [6.07, 6.45) is 1.61. The van der Waals surface area contributed by atoms with Crippen molar-refractivity contribution in [3.05, 3.63) is 58.0 Å². The number of rotatable bonds is 6. The fourth-order valence-electron chi connectivity index (χ4n) is 3.53. The van der Waals surface area contributed by atoms with Gasteiger partial charge >= 0.3 is 0 Å². The summed E-state index contributed by atoms with van der Waals surface area (Å²) >= 11 is 6.71. The van der Waals surface area contributed by atoms with Crippen molar-refractivity contribution in [2.75, 3.05) is 50.2 Å². The molecule has 2 aromatic carbocycles. The van der Waals surface area contributed by atoms with Crippen molar-refractivity contribution in [1.82, 2.24) is 4.90 Å². The maximum atomic E-state index is 12.8. The van der Waals surface area contributed by atoms with E-state index in [1.54, 1.807) is 37.5 Å². The number of halogens is 1. The quantitative estimate of drug-likeness (QED) is 0.619. The molecule has 3 amide bonds. The van der Waals surface area contributed by atoms with Gasteiger partial charge in [0.15, 0.2) is 0 Å². The zero-order valence-corrected chi connectivity index (χ0v) is 19.4. The molecule has 0 saturated carbocycles. The lowest BCUT2D eigenvalue weighted by Gasteiger charge is -2.29. The van der Waals surface area contributed by atoms with Crippen LogP contribution >= 0.6 is 23.4 Å². The minimum Gasteiger partial charge on any atom is -0.496 e. The van der Waals surface area contributed by atoms with Gasteiger partial charge in [-0.1, -0.05) is 17.7 Å². The second-order valence-corrected chi connectivity index (χ2v) is 8.78. The van der Waals surface area contributed by atoms with Crippen molar-refractivity contribution in [1.29, 1.82) is 0 Å². The highest BCUT2D eigenvalue weighted by Gasteiger charge is 2.36. The maximum Gasteiger partial charge on any atom is 0.294 e. The molecule has 0 bridgehead atoms. The van der Waals surface area contributed by atoms with Crippen LogP contribution in [-0.2, 0) is 14.3 Å². The minimum absolute atomic E-state index is 0.230. The van der Waals surface area contributed by atoms with Crippen LogP contribution in [0.15, 0.2) is 47.4 Å². The van der Waals surface area contributed by atoms with Crippen molar-refractivity contribution < 1.29 is 23.9 Å². The minimum atomic E-state index is -0.523. The molecule has 0 unspecified atom stereocenters. The van der Waals surface area contributed by atoms with Crippen molar-refractivity contribution in [2.45, 2.75) is 0 Å². The molecule has 2 heterocycles. The SMILES string of the molecule is COc1cc(N2CCOCC2)ccc1/C=C1\SC(=O)N(CC(=O)Nc2cccc(Cl)c2)C1=O. The van der Waals surface area contributed by atoms with E-state index in [4.69, 9.17) is 21.1 Å². The molecule has 2 aliphatic rings. The van der Waals surface area contributed by atoms with Gasteiger partial charge in [-0.25, -0.2) is 0 Å². The molecule has 2 aliphatic heterocycles. The van der Waals surface area contributed by atoms with Crippen LogP contribution in [0.5, 0.6) is 5.75 Å². The van der Waals surface area contributed by atoms with Crippen LogP contribution in [-0.4, -0.2) is 61.9 Å². The smallest absolute Gasteiger partial charge is 0.294 e. The summed E-state index contributed by atoms with van der Waals surface area (Å²) in [5, 5.41) is 2.60. The molecule has 4 rings (SSSR count). The van der Waals surface area contributed by atoms with Crippen molar-refractivity contribution in [2.24, 2.45) is 0 Å². The molecule has 33 heavy (non-hydrogen) atoms. The van der Waals surface area contributed by atoms with Gasteiger partial charge in [-0.15, -0.1) is 0 Å². The second kappa shape index (κ2) is 10.3. The monoisotopic (exact) mass is 487 g/mol. The summed E-state index contributed by atoms with van der Waals surface area (Å²) in [6.45, 7) is 2.53. The number of amides is 3. The van der Waals surface area contributed by atoms with E-state index < -0.39 is 17.1 Å². The fourth-order valence-corrected chi connectivity index (χ4v) is 4.54. The van der Waals surface area contributed by atoms with E-state index in [9.17, 15) is 14.4 Å². The number of anilines is 2. The Balaban J connectivity index is 1.47. The van der Waals surface area contributed by atoms with Gasteiger partial charge in [0.1, 0.15) is 12.3 Å². The third kappa shape index (κ3) is 5.50. The van der Waals surface area contributed by atoms with Crippen LogP contribution < -0.4 is 15.0 Å². The second-order valence-electron chi connectivity index (χ2n) is 7.35. The molecule has 0 spiro atoms. The first-order valence-corrected chi connectivity index (χ1v) is 11.5. The van der Waals surface area contributed by atoms with E-state index in [0.717, 1.165) is 35.4 Å². The van der Waals surface area contributed by atoms with E-state index in [0.29, 0.717) is 35.2 Å². The van der Waals surface area contributed by atoms with Crippen molar-refractivity contribution in [3.63, 3.8) is 0 Å². The van der Waals surface area contributed by atoms with Gasteiger partial charge in [0.05, 0.1) is 25.2 Å². The van der Waals surface area contributed by atoms with Gasteiger partial charge in [0.2, 0.25) is 5.91 Å². The predicted octanol–water partition coefficient (Wildman–Crippen LogP) is 3.86. The first-order valence-electron chi connectivity index (χ1n) is 10.3. The van der Waals surface area contributed by atoms with Gasteiger partial charge in [-0.3, -0.25) is 19.3 Å². The largest absolute Gasteiger partial charge is 0.496 e. The number of morpholine rings is 1. The average Bonchev–Trinajstić information content (AvgIpc) is 3.07. The van der Waals surface area contributed by atoms with Gasteiger partial charge < -0.3 is 19.7 Å². The zero-order valence-electron chi connectivity index (χ0n) is 17.9. The molecule has 8 nitrogen and oxygen atoms in total. The first kappa shape index (κ1) is 23.2. The van der Waals surface area contributed by atoms with Gasteiger partial charge in [-0.05, 0) is 48.2 Å². The Labute approximate surface area is 200 Å². The molecule has 0 aliphatic carbocycles. The van der Waals surface area contributed by atoms with E-state index in [1.165, 1.54) is 0 Å². The predicted molar refractivity (Wildman–Crippen MR) is 129 cm³/mol. The third-order valence-corrected chi connectivity index (χ3v) is 6.31. The number of carbonyl (C=O) groups is 3. The number of methoxy groups -OCH3 is 1. The van der Waals surface area contributed by atoms with Gasteiger partial charge in [-0.2, -0.15) is 0 Å². The Morgan fingerprint density at radius 1 is 1.21 bits per heavy atom. The molecule has 2 aromatic rings. The number of hydrogen-bond donors (Lipinski definition) is 1. The highest BCUT2D eigenvalue weighted by Crippen LogP contribution is 2.35. The van der Waals surface area contributed by atoms with E-state index in [1.807, 2.05) is 18.2 Å². The first-order chi connectivity index (χ1) is 15.9. The number of thioether (sulfide) groups is 1. The average molecular weight is 488 g/mol. The Morgan fingerprint density at radius 3 is 2.73 bits per heavy atom. The topological polar surface area (TPSA) is 88.2 Å². The molecule has 10 heteroatoms. The molecule has 0 radical (unpaired) electrons. The Hall–Kier alpha value is -3.01. The van der Waals surface area contributed by atoms with E-state index >= 15 is 0 Å². The molecule has 172 valence electrons. The highest BCUT2D eigenvalue weighted by atomic mass is 35.5. The van der Waals surface area contributed by atoms with Crippen molar-refractivity contribution in [3.8, 4) is 5.75 Å². The van der Waals surface area contributed by atoms with Crippen LogP contribution in [0.25, 0.3) is 6.08 Å². The molecule has 2 fully saturated rings. The number of ether oxygens (including phenoxy) is 2. The fraction of sp³-hybridized carbons (Fsp3) is 0.261. The lowest BCUT2D eigenvalue weighted by Crippen LogP contribution is -2.36. The standard InChI is InChI=1S/C23H22ClN3O5S/c1-31-19-13-18(26-7-9-32-10-8-26)6-5-15(19)11-20-22(29)27(23(30)33-20)14-21(28)25-17-4-2-3-16(24)12-17/h2-6,11-13H,7-10,14H2,1H3,(H,25,28)/b20-11-. The maximum absolute atomic E-state index is 12.8. The molecule has 2 saturated heterocycles. The number of nitrogens with zero attached hydrogens (tertiary/aromatic N) is 2. The number of nitrogens with one attached hydrogen (secondary N) is 1. The molecule has 0 aromatic heterocycles. The Bertz CT molecular complexity index is 1120. The summed E-state index contributed by atoms with van der Waals surface area (Å²) in [4.78, 5) is 41.0. The molecule has 1 N–H and O–H groups in total.